The van der Waals surface area contributed by atoms with Crippen LogP contribution in [-0.2, 0) is 0 Å². The van der Waals surface area contributed by atoms with Gasteiger partial charge in [0.25, 0.3) is 0 Å². The zero-order chi connectivity index (χ0) is 19.1. The van der Waals surface area contributed by atoms with Gasteiger partial charge in [-0.1, -0.05) is 18.2 Å². The molecule has 0 unspecified atom stereocenters. The fraction of sp³-hybridized carbons (Fsp3) is 0.364. The van der Waals surface area contributed by atoms with E-state index in [1.165, 1.54) is 25.7 Å². The molecule has 0 atom stereocenters. The number of urea groups is 1. The van der Waals surface area contributed by atoms with Crippen molar-refractivity contribution in [1.29, 1.82) is 0 Å². The minimum atomic E-state index is -0.271. The number of hydrogen-bond acceptors (Lipinski definition) is 3. The van der Waals surface area contributed by atoms with E-state index in [1.54, 1.807) is 12.4 Å². The van der Waals surface area contributed by atoms with Crippen LogP contribution in [0.25, 0.3) is 10.9 Å². The van der Waals surface area contributed by atoms with Gasteiger partial charge in [0.2, 0.25) is 0 Å². The number of aromatic nitrogens is 2. The molecule has 144 valence electrons. The maximum absolute atomic E-state index is 12.4. The monoisotopic (exact) mass is 375 g/mol. The van der Waals surface area contributed by atoms with Crippen LogP contribution < -0.4 is 15.5 Å². The number of aryl methyl sites for hydroxylation is 1. The van der Waals surface area contributed by atoms with Crippen molar-refractivity contribution in [1.82, 2.24) is 9.97 Å². The van der Waals surface area contributed by atoms with Gasteiger partial charge in [-0.05, 0) is 55.7 Å². The third-order valence-electron chi connectivity index (χ3n) is 6.23. The van der Waals surface area contributed by atoms with Crippen LogP contribution >= 0.6 is 0 Å². The largest absolute Gasteiger partial charge is 0.359 e. The number of anilines is 3. The zero-order valence-corrected chi connectivity index (χ0v) is 16.1. The van der Waals surface area contributed by atoms with Gasteiger partial charge in [0.05, 0.1) is 17.6 Å². The molecule has 1 saturated carbocycles. The van der Waals surface area contributed by atoms with Gasteiger partial charge < -0.3 is 20.5 Å². The average Bonchev–Trinajstić information content (AvgIpc) is 3.33. The number of nitrogens with zero attached hydrogens (tertiary/aromatic N) is 2. The molecular weight excluding hydrogens is 350 g/mol. The second kappa shape index (κ2) is 6.55. The van der Waals surface area contributed by atoms with Crippen molar-refractivity contribution in [3.8, 4) is 0 Å². The molecule has 3 aromatic rings. The highest BCUT2D eigenvalue weighted by Gasteiger charge is 2.44. The van der Waals surface area contributed by atoms with Crippen LogP contribution in [0.5, 0.6) is 0 Å². The summed E-state index contributed by atoms with van der Waals surface area (Å²) in [4.78, 5) is 22.6. The molecule has 2 amide bonds. The first-order valence-electron chi connectivity index (χ1n) is 9.98. The van der Waals surface area contributed by atoms with Gasteiger partial charge in [0, 0.05) is 30.2 Å². The molecule has 5 rings (SSSR count). The molecular formula is C22H25N5O. The molecule has 6 heteroatoms. The van der Waals surface area contributed by atoms with Crippen molar-refractivity contribution in [2.24, 2.45) is 5.41 Å². The van der Waals surface area contributed by atoms with Gasteiger partial charge in [-0.2, -0.15) is 0 Å². The minimum absolute atomic E-state index is 0.271. The molecule has 1 aromatic carbocycles. The van der Waals surface area contributed by atoms with Gasteiger partial charge in [0.1, 0.15) is 5.82 Å². The second-order valence-electron chi connectivity index (χ2n) is 8.18. The lowest BCUT2D eigenvalue weighted by Crippen LogP contribution is -2.35. The molecule has 6 nitrogen and oxygen atoms in total. The Balaban J connectivity index is 1.25. The summed E-state index contributed by atoms with van der Waals surface area (Å²) < 4.78 is 0. The lowest BCUT2D eigenvalue weighted by atomic mass is 9.93. The van der Waals surface area contributed by atoms with Crippen LogP contribution in [0.2, 0.25) is 0 Å². The molecule has 1 saturated heterocycles. The Labute approximate surface area is 164 Å². The molecule has 1 aliphatic carbocycles. The standard InChI is InChI=1S/C22H25N5O/c1-15-12-16(13-24-20(15)27-10-8-22(6-7-22)9-11-27)25-21(28)26-19-14-23-18-5-3-2-4-17(18)19/h2-5,12-14,23H,6-11H2,1H3,(H2,25,26,28). The third kappa shape index (κ3) is 3.19. The van der Waals surface area contributed by atoms with Crippen molar-refractivity contribution in [3.05, 3.63) is 48.3 Å². The van der Waals surface area contributed by atoms with Crippen LogP contribution in [0.4, 0.5) is 22.0 Å². The van der Waals surface area contributed by atoms with Crippen LogP contribution in [0.3, 0.4) is 0 Å². The van der Waals surface area contributed by atoms with Gasteiger partial charge >= 0.3 is 6.03 Å². The zero-order valence-electron chi connectivity index (χ0n) is 16.1. The Morgan fingerprint density at radius 1 is 1.14 bits per heavy atom. The number of aromatic amines is 1. The molecule has 2 fully saturated rings. The van der Waals surface area contributed by atoms with E-state index in [1.807, 2.05) is 30.3 Å². The second-order valence-corrected chi connectivity index (χ2v) is 8.18. The molecule has 3 heterocycles. The highest BCUT2D eigenvalue weighted by atomic mass is 16.2. The Morgan fingerprint density at radius 3 is 2.68 bits per heavy atom. The predicted molar refractivity (Wildman–Crippen MR) is 113 cm³/mol. The Morgan fingerprint density at radius 2 is 1.93 bits per heavy atom. The van der Waals surface area contributed by atoms with Crippen LogP contribution in [0.15, 0.2) is 42.7 Å². The number of carbonyl (C=O) groups is 1. The molecule has 0 bridgehead atoms. The van der Waals surface area contributed by atoms with Crippen molar-refractivity contribution >= 4 is 34.1 Å². The fourth-order valence-electron chi connectivity index (χ4n) is 4.30. The van der Waals surface area contributed by atoms with E-state index in [4.69, 9.17) is 0 Å². The summed E-state index contributed by atoms with van der Waals surface area (Å²) in [5, 5.41) is 6.79. The molecule has 1 spiro atoms. The van der Waals surface area contributed by atoms with Crippen molar-refractivity contribution in [3.63, 3.8) is 0 Å². The number of carbonyl (C=O) groups excluding carboxylic acids is 1. The number of hydrogen-bond donors (Lipinski definition) is 3. The van der Waals surface area contributed by atoms with E-state index < -0.39 is 0 Å². The molecule has 2 aromatic heterocycles. The Kier molecular flexibility index (Phi) is 4.00. The van der Waals surface area contributed by atoms with E-state index in [-0.39, 0.29) is 6.03 Å². The van der Waals surface area contributed by atoms with Crippen molar-refractivity contribution < 1.29 is 4.79 Å². The molecule has 28 heavy (non-hydrogen) atoms. The number of fused-ring (bicyclic) bond motifs is 1. The number of amides is 2. The third-order valence-corrected chi connectivity index (χ3v) is 6.23. The highest BCUT2D eigenvalue weighted by Crippen LogP contribution is 2.53. The smallest absolute Gasteiger partial charge is 0.323 e. The maximum Gasteiger partial charge on any atom is 0.323 e. The van der Waals surface area contributed by atoms with E-state index in [0.717, 1.165) is 41.1 Å². The number of piperidine rings is 1. The van der Waals surface area contributed by atoms with Gasteiger partial charge in [-0.15, -0.1) is 0 Å². The summed E-state index contributed by atoms with van der Waals surface area (Å²) in [6, 6.07) is 9.61. The summed E-state index contributed by atoms with van der Waals surface area (Å²) in [7, 11) is 0. The number of para-hydroxylation sites is 1. The van der Waals surface area contributed by atoms with Crippen LogP contribution in [0, 0.1) is 12.3 Å². The summed E-state index contributed by atoms with van der Waals surface area (Å²) >= 11 is 0. The normalized spacial score (nSPS) is 17.7. The Bertz CT molecular complexity index is 1030. The molecule has 2 aliphatic rings. The van der Waals surface area contributed by atoms with Crippen LogP contribution in [0.1, 0.15) is 31.2 Å². The number of rotatable bonds is 3. The van der Waals surface area contributed by atoms with Crippen LogP contribution in [-0.4, -0.2) is 29.1 Å². The topological polar surface area (TPSA) is 73.0 Å². The summed E-state index contributed by atoms with van der Waals surface area (Å²) in [6.07, 6.45) is 8.92. The van der Waals surface area contributed by atoms with Gasteiger partial charge in [-0.25, -0.2) is 9.78 Å². The van der Waals surface area contributed by atoms with E-state index in [9.17, 15) is 4.79 Å². The van der Waals surface area contributed by atoms with Crippen molar-refractivity contribution in [2.75, 3.05) is 28.6 Å². The first kappa shape index (κ1) is 17.1. The Hall–Kier alpha value is -3.02. The van der Waals surface area contributed by atoms with E-state index in [2.05, 4.69) is 32.4 Å². The summed E-state index contributed by atoms with van der Waals surface area (Å²) in [6.45, 7) is 4.23. The van der Waals surface area contributed by atoms with Crippen molar-refractivity contribution in [2.45, 2.75) is 32.6 Å². The average molecular weight is 375 g/mol. The summed E-state index contributed by atoms with van der Waals surface area (Å²) in [5.41, 5.74) is 4.21. The fourth-order valence-corrected chi connectivity index (χ4v) is 4.30. The summed E-state index contributed by atoms with van der Waals surface area (Å²) in [5.74, 6) is 1.04. The number of benzene rings is 1. The quantitative estimate of drug-likeness (QED) is 0.610. The van der Waals surface area contributed by atoms with Gasteiger partial charge in [-0.3, -0.25) is 0 Å². The van der Waals surface area contributed by atoms with Gasteiger partial charge in [0.15, 0.2) is 0 Å². The lowest BCUT2D eigenvalue weighted by molar-refractivity contribution is 0.262. The number of H-pyrrole nitrogens is 1. The minimum Gasteiger partial charge on any atom is -0.359 e. The first-order chi connectivity index (χ1) is 13.6. The maximum atomic E-state index is 12.4. The number of nitrogens with one attached hydrogen (secondary N) is 3. The van der Waals surface area contributed by atoms with E-state index >= 15 is 0 Å². The van der Waals surface area contributed by atoms with E-state index in [0.29, 0.717) is 11.1 Å². The molecule has 1 aliphatic heterocycles. The first-order valence-corrected chi connectivity index (χ1v) is 9.98. The number of pyridine rings is 1. The molecule has 3 N–H and O–H groups in total. The lowest BCUT2D eigenvalue weighted by Gasteiger charge is -2.33. The molecule has 0 radical (unpaired) electrons. The SMILES string of the molecule is Cc1cc(NC(=O)Nc2c[nH]c3ccccc23)cnc1N1CCC2(CC1)CC2. The highest BCUT2D eigenvalue weighted by molar-refractivity contribution is 6.05. The predicted octanol–water partition coefficient (Wildman–Crippen LogP) is 4.90.